The van der Waals surface area contributed by atoms with Gasteiger partial charge in [-0.2, -0.15) is 0 Å². The van der Waals surface area contributed by atoms with Gasteiger partial charge in [0.25, 0.3) is 0 Å². The first kappa shape index (κ1) is 11.7. The van der Waals surface area contributed by atoms with Crippen molar-refractivity contribution in [2.45, 2.75) is 51.5 Å². The molecule has 0 radical (unpaired) electrons. The van der Waals surface area contributed by atoms with E-state index in [9.17, 15) is 0 Å². The van der Waals surface area contributed by atoms with Gasteiger partial charge in [0.1, 0.15) is 0 Å². The van der Waals surface area contributed by atoms with Crippen LogP contribution >= 0.6 is 0 Å². The van der Waals surface area contributed by atoms with Crippen molar-refractivity contribution in [1.82, 2.24) is 0 Å². The minimum absolute atomic E-state index is 0.182. The van der Waals surface area contributed by atoms with Gasteiger partial charge < -0.3 is 10.2 Å². The molecule has 1 aromatic heterocycles. The Morgan fingerprint density at radius 1 is 1.38 bits per heavy atom. The van der Waals surface area contributed by atoms with Crippen LogP contribution in [0, 0.1) is 11.8 Å². The molecular formula is C14H23NO. The molecule has 1 heterocycles. The number of rotatable bonds is 4. The average Bonchev–Trinajstić information content (AvgIpc) is 2.83. The van der Waals surface area contributed by atoms with Crippen LogP contribution in [0.1, 0.15) is 57.1 Å². The smallest absolute Gasteiger partial charge is 0.0950 e. The third kappa shape index (κ3) is 2.67. The monoisotopic (exact) mass is 221 g/mol. The minimum atomic E-state index is 0.182. The Bertz CT molecular complexity index is 286. The molecule has 1 aliphatic carbocycles. The Labute approximate surface area is 98.2 Å². The van der Waals surface area contributed by atoms with Crippen LogP contribution in [0.2, 0.25) is 0 Å². The Morgan fingerprint density at radius 2 is 2.12 bits per heavy atom. The fourth-order valence-electron chi connectivity index (χ4n) is 2.98. The van der Waals surface area contributed by atoms with E-state index in [1.807, 2.05) is 6.07 Å². The third-order valence-electron chi connectivity index (χ3n) is 4.02. The summed E-state index contributed by atoms with van der Waals surface area (Å²) in [4.78, 5) is 0. The van der Waals surface area contributed by atoms with E-state index in [4.69, 9.17) is 10.2 Å². The molecule has 2 nitrogen and oxygen atoms in total. The molecule has 0 saturated heterocycles. The van der Waals surface area contributed by atoms with Gasteiger partial charge in [-0.3, -0.25) is 0 Å². The molecule has 90 valence electrons. The first-order valence-corrected chi connectivity index (χ1v) is 6.59. The van der Waals surface area contributed by atoms with Gasteiger partial charge in [-0.05, 0) is 30.7 Å². The standard InChI is InChI=1S/C14H23NO/c1-2-3-11-4-6-12(7-5-11)14(15)13-8-9-16-10-13/h8-12,14H,2-7,15H2,1H3. The fraction of sp³-hybridized carbons (Fsp3) is 0.714. The van der Waals surface area contributed by atoms with Gasteiger partial charge in [0.05, 0.1) is 12.5 Å². The predicted octanol–water partition coefficient (Wildman–Crippen LogP) is 3.89. The highest BCUT2D eigenvalue weighted by Crippen LogP contribution is 2.37. The van der Waals surface area contributed by atoms with E-state index in [0.717, 1.165) is 5.92 Å². The van der Waals surface area contributed by atoms with Crippen LogP contribution in [-0.4, -0.2) is 0 Å². The van der Waals surface area contributed by atoms with Crippen LogP contribution in [0.4, 0.5) is 0 Å². The maximum atomic E-state index is 6.27. The van der Waals surface area contributed by atoms with Crippen LogP contribution in [0.25, 0.3) is 0 Å². The van der Waals surface area contributed by atoms with Crippen molar-refractivity contribution in [3.05, 3.63) is 24.2 Å². The minimum Gasteiger partial charge on any atom is -0.472 e. The number of nitrogens with two attached hydrogens (primary N) is 1. The second kappa shape index (κ2) is 5.53. The Hall–Kier alpha value is -0.760. The quantitative estimate of drug-likeness (QED) is 0.837. The van der Waals surface area contributed by atoms with Crippen LogP contribution in [0.3, 0.4) is 0 Å². The number of hydrogen-bond donors (Lipinski definition) is 1. The average molecular weight is 221 g/mol. The van der Waals surface area contributed by atoms with E-state index in [-0.39, 0.29) is 6.04 Å². The number of furan rings is 1. The molecule has 1 aliphatic rings. The van der Waals surface area contributed by atoms with Crippen LogP contribution < -0.4 is 5.73 Å². The molecule has 0 amide bonds. The van der Waals surface area contributed by atoms with E-state index in [0.29, 0.717) is 5.92 Å². The van der Waals surface area contributed by atoms with Crippen molar-refractivity contribution >= 4 is 0 Å². The molecule has 16 heavy (non-hydrogen) atoms. The van der Waals surface area contributed by atoms with E-state index >= 15 is 0 Å². The molecule has 0 bridgehead atoms. The highest BCUT2D eigenvalue weighted by atomic mass is 16.3. The maximum absolute atomic E-state index is 6.27. The van der Waals surface area contributed by atoms with Crippen LogP contribution in [-0.2, 0) is 0 Å². The summed E-state index contributed by atoms with van der Waals surface area (Å²) in [5.74, 6) is 1.61. The van der Waals surface area contributed by atoms with Crippen molar-refractivity contribution in [1.29, 1.82) is 0 Å². The summed E-state index contributed by atoms with van der Waals surface area (Å²) >= 11 is 0. The highest BCUT2D eigenvalue weighted by molar-refractivity contribution is 5.12. The van der Waals surface area contributed by atoms with E-state index in [1.54, 1.807) is 12.5 Å². The first-order valence-electron chi connectivity index (χ1n) is 6.59. The lowest BCUT2D eigenvalue weighted by molar-refractivity contribution is 0.234. The molecule has 1 saturated carbocycles. The lowest BCUT2D eigenvalue weighted by Crippen LogP contribution is -2.25. The zero-order valence-corrected chi connectivity index (χ0v) is 10.2. The summed E-state index contributed by atoms with van der Waals surface area (Å²) in [7, 11) is 0. The zero-order chi connectivity index (χ0) is 11.4. The lowest BCUT2D eigenvalue weighted by atomic mass is 9.76. The van der Waals surface area contributed by atoms with Crippen LogP contribution in [0.5, 0.6) is 0 Å². The molecule has 1 aromatic rings. The van der Waals surface area contributed by atoms with Crippen molar-refractivity contribution < 1.29 is 4.42 Å². The summed E-state index contributed by atoms with van der Waals surface area (Å²) in [6.07, 6.45) is 11.5. The van der Waals surface area contributed by atoms with Crippen molar-refractivity contribution in [3.8, 4) is 0 Å². The highest BCUT2D eigenvalue weighted by Gasteiger charge is 2.26. The summed E-state index contributed by atoms with van der Waals surface area (Å²) < 4.78 is 5.11. The van der Waals surface area contributed by atoms with Crippen LogP contribution in [0.15, 0.2) is 23.0 Å². The van der Waals surface area contributed by atoms with Crippen molar-refractivity contribution in [3.63, 3.8) is 0 Å². The van der Waals surface area contributed by atoms with E-state index in [2.05, 4.69) is 6.92 Å². The predicted molar refractivity (Wildman–Crippen MR) is 66.0 cm³/mol. The molecule has 2 heteroatoms. The third-order valence-corrected chi connectivity index (χ3v) is 4.02. The van der Waals surface area contributed by atoms with Crippen molar-refractivity contribution in [2.75, 3.05) is 0 Å². The summed E-state index contributed by atoms with van der Waals surface area (Å²) in [6, 6.07) is 2.18. The van der Waals surface area contributed by atoms with Crippen molar-refractivity contribution in [2.24, 2.45) is 17.6 Å². The molecule has 0 spiro atoms. The topological polar surface area (TPSA) is 39.2 Å². The maximum Gasteiger partial charge on any atom is 0.0950 e. The van der Waals surface area contributed by atoms with Gasteiger partial charge in [0, 0.05) is 11.6 Å². The fourth-order valence-corrected chi connectivity index (χ4v) is 2.98. The molecular weight excluding hydrogens is 198 g/mol. The van der Waals surface area contributed by atoms with E-state index in [1.165, 1.54) is 44.1 Å². The first-order chi connectivity index (χ1) is 7.81. The molecule has 2 N–H and O–H groups in total. The SMILES string of the molecule is CCCC1CCC(C(N)c2ccoc2)CC1. The Balaban J connectivity index is 1.84. The van der Waals surface area contributed by atoms with E-state index < -0.39 is 0 Å². The largest absolute Gasteiger partial charge is 0.472 e. The summed E-state index contributed by atoms with van der Waals surface area (Å²) in [5, 5.41) is 0. The molecule has 2 rings (SSSR count). The van der Waals surface area contributed by atoms with Gasteiger partial charge >= 0.3 is 0 Å². The Kier molecular flexibility index (Phi) is 4.05. The lowest BCUT2D eigenvalue weighted by Gasteiger charge is -2.31. The molecule has 0 aromatic carbocycles. The molecule has 1 unspecified atom stereocenters. The van der Waals surface area contributed by atoms with Gasteiger partial charge in [0.2, 0.25) is 0 Å². The second-order valence-electron chi connectivity index (χ2n) is 5.15. The Morgan fingerprint density at radius 3 is 2.69 bits per heavy atom. The zero-order valence-electron chi connectivity index (χ0n) is 10.2. The normalized spacial score (nSPS) is 27.9. The van der Waals surface area contributed by atoms with Gasteiger partial charge in [0.15, 0.2) is 0 Å². The molecule has 1 atom stereocenters. The van der Waals surface area contributed by atoms with Gasteiger partial charge in [-0.25, -0.2) is 0 Å². The number of hydrogen-bond acceptors (Lipinski definition) is 2. The summed E-state index contributed by atoms with van der Waals surface area (Å²) in [6.45, 7) is 2.28. The molecule has 0 aliphatic heterocycles. The van der Waals surface area contributed by atoms with Gasteiger partial charge in [-0.15, -0.1) is 0 Å². The molecule has 1 fully saturated rings. The summed E-state index contributed by atoms with van der Waals surface area (Å²) in [5.41, 5.74) is 7.44. The van der Waals surface area contributed by atoms with Gasteiger partial charge in [-0.1, -0.05) is 32.6 Å². The second-order valence-corrected chi connectivity index (χ2v) is 5.15.